The molecule has 0 aliphatic carbocycles. The number of aryl methyl sites for hydroxylation is 1. The van der Waals surface area contributed by atoms with Crippen LogP contribution in [0.4, 0.5) is 5.13 Å². The van der Waals surface area contributed by atoms with E-state index in [1.165, 1.54) is 18.2 Å². The van der Waals surface area contributed by atoms with Crippen LogP contribution in [-0.4, -0.2) is 52.7 Å². The van der Waals surface area contributed by atoms with Crippen LogP contribution in [0.25, 0.3) is 5.76 Å². The first kappa shape index (κ1) is 24.3. The van der Waals surface area contributed by atoms with Gasteiger partial charge in [0.05, 0.1) is 23.9 Å². The van der Waals surface area contributed by atoms with Crippen molar-refractivity contribution in [1.29, 1.82) is 0 Å². The Balaban J connectivity index is 1.67. The number of carbonyl (C=O) groups excluding carboxylic acids is 3. The number of hydrogen-bond donors (Lipinski definition) is 2. The molecule has 0 bridgehead atoms. The number of thiazole rings is 1. The molecule has 2 aromatic carbocycles. The number of esters is 1. The molecule has 1 amide bonds. The smallest absolute Gasteiger partial charge is 0.350 e. The number of anilines is 1. The average Bonchev–Trinajstić information content (AvgIpc) is 3.40. The first-order valence-corrected chi connectivity index (χ1v) is 12.3. The highest BCUT2D eigenvalue weighted by Gasteiger charge is 2.48. The van der Waals surface area contributed by atoms with Crippen molar-refractivity contribution >= 4 is 39.9 Å². The number of rotatable bonds is 5. The van der Waals surface area contributed by atoms with Gasteiger partial charge >= 0.3 is 11.9 Å². The van der Waals surface area contributed by atoms with Crippen LogP contribution in [0.5, 0.6) is 17.2 Å². The number of hydrogen-bond acceptors (Lipinski definition) is 10. The van der Waals surface area contributed by atoms with Gasteiger partial charge in [0.25, 0.3) is 5.78 Å². The van der Waals surface area contributed by atoms with E-state index in [0.717, 1.165) is 16.2 Å². The standard InChI is InChI=1S/C26H22N2O8S/c1-3-34-25(33)23-13(2)27-26(37-23)28-20(14-5-4-6-16(29)11-14)19(22(31)24(28)32)21(30)15-7-8-17-18(12-15)36-10-9-35-17/h4-8,11-12,20,29-30H,3,9-10H2,1-2H3. The molecule has 1 saturated heterocycles. The molecule has 5 rings (SSSR count). The van der Waals surface area contributed by atoms with Crippen molar-refractivity contribution in [2.45, 2.75) is 19.9 Å². The number of aromatic hydroxyl groups is 1. The van der Waals surface area contributed by atoms with E-state index < -0.39 is 29.5 Å². The van der Waals surface area contributed by atoms with E-state index in [1.54, 1.807) is 38.1 Å². The van der Waals surface area contributed by atoms with Gasteiger partial charge in [0, 0.05) is 5.56 Å². The second-order valence-electron chi connectivity index (χ2n) is 8.25. The monoisotopic (exact) mass is 522 g/mol. The summed E-state index contributed by atoms with van der Waals surface area (Å²) in [5.41, 5.74) is 0.749. The Morgan fingerprint density at radius 3 is 2.65 bits per heavy atom. The van der Waals surface area contributed by atoms with Crippen LogP contribution in [-0.2, 0) is 14.3 Å². The van der Waals surface area contributed by atoms with Crippen LogP contribution in [0.1, 0.15) is 39.5 Å². The van der Waals surface area contributed by atoms with Crippen molar-refractivity contribution < 1.29 is 38.8 Å². The van der Waals surface area contributed by atoms with Gasteiger partial charge in [-0.1, -0.05) is 23.5 Å². The van der Waals surface area contributed by atoms with Gasteiger partial charge < -0.3 is 24.4 Å². The fraction of sp³-hybridized carbons (Fsp3) is 0.231. The molecular weight excluding hydrogens is 500 g/mol. The lowest BCUT2D eigenvalue weighted by Gasteiger charge is -2.23. The summed E-state index contributed by atoms with van der Waals surface area (Å²) in [4.78, 5) is 44.8. The van der Waals surface area contributed by atoms with Crippen LogP contribution in [0.3, 0.4) is 0 Å². The first-order valence-electron chi connectivity index (χ1n) is 11.4. The summed E-state index contributed by atoms with van der Waals surface area (Å²) >= 11 is 0.905. The predicted octanol–water partition coefficient (Wildman–Crippen LogP) is 3.73. The lowest BCUT2D eigenvalue weighted by Crippen LogP contribution is -2.29. The fourth-order valence-electron chi connectivity index (χ4n) is 4.26. The number of phenolic OH excluding ortho intramolecular Hbond substituents is 1. The number of aromatic nitrogens is 1. The number of fused-ring (bicyclic) bond motifs is 1. The third kappa shape index (κ3) is 4.27. The van der Waals surface area contributed by atoms with Gasteiger partial charge in [0.1, 0.15) is 29.6 Å². The molecule has 1 aromatic heterocycles. The van der Waals surface area contributed by atoms with E-state index in [1.807, 2.05) is 0 Å². The molecule has 3 aromatic rings. The minimum Gasteiger partial charge on any atom is -0.508 e. The van der Waals surface area contributed by atoms with Crippen molar-refractivity contribution in [2.75, 3.05) is 24.7 Å². The number of amides is 1. The van der Waals surface area contributed by atoms with Gasteiger partial charge in [-0.25, -0.2) is 9.78 Å². The zero-order chi connectivity index (χ0) is 26.3. The Morgan fingerprint density at radius 2 is 1.92 bits per heavy atom. The van der Waals surface area contributed by atoms with E-state index in [0.29, 0.717) is 36.0 Å². The van der Waals surface area contributed by atoms with Crippen LogP contribution in [0.2, 0.25) is 0 Å². The molecule has 3 heterocycles. The minimum atomic E-state index is -1.12. The van der Waals surface area contributed by atoms with Crippen molar-refractivity contribution in [3.8, 4) is 17.2 Å². The van der Waals surface area contributed by atoms with E-state index in [9.17, 15) is 24.6 Å². The molecule has 1 fully saturated rings. The fourth-order valence-corrected chi connectivity index (χ4v) is 5.24. The third-order valence-corrected chi connectivity index (χ3v) is 7.03. The highest BCUT2D eigenvalue weighted by molar-refractivity contribution is 7.17. The summed E-state index contributed by atoms with van der Waals surface area (Å²) < 4.78 is 16.2. The molecule has 0 saturated carbocycles. The van der Waals surface area contributed by atoms with Gasteiger partial charge in [-0.15, -0.1) is 0 Å². The number of benzene rings is 2. The number of phenols is 1. The van der Waals surface area contributed by atoms with Crippen molar-refractivity contribution in [2.24, 2.45) is 0 Å². The van der Waals surface area contributed by atoms with Crippen LogP contribution in [0.15, 0.2) is 48.0 Å². The highest BCUT2D eigenvalue weighted by Crippen LogP contribution is 2.45. The topological polar surface area (TPSA) is 135 Å². The first-order chi connectivity index (χ1) is 17.8. The van der Waals surface area contributed by atoms with Crippen molar-refractivity contribution in [3.63, 3.8) is 0 Å². The maximum atomic E-state index is 13.3. The zero-order valence-corrected chi connectivity index (χ0v) is 20.7. The Kier molecular flexibility index (Phi) is 6.30. The Morgan fingerprint density at radius 1 is 1.16 bits per heavy atom. The van der Waals surface area contributed by atoms with Gasteiger partial charge in [-0.2, -0.15) is 0 Å². The largest absolute Gasteiger partial charge is 0.508 e. The molecule has 1 unspecified atom stereocenters. The summed E-state index contributed by atoms with van der Waals surface area (Å²) in [6, 6.07) is 9.60. The summed E-state index contributed by atoms with van der Waals surface area (Å²) in [6.07, 6.45) is 0. The summed E-state index contributed by atoms with van der Waals surface area (Å²) in [6.45, 7) is 4.16. The average molecular weight is 523 g/mol. The van der Waals surface area contributed by atoms with E-state index in [-0.39, 0.29) is 33.5 Å². The van der Waals surface area contributed by atoms with Crippen LogP contribution >= 0.6 is 11.3 Å². The van der Waals surface area contributed by atoms with Crippen LogP contribution < -0.4 is 14.4 Å². The third-order valence-electron chi connectivity index (χ3n) is 5.90. The molecule has 0 radical (unpaired) electrons. The summed E-state index contributed by atoms with van der Waals surface area (Å²) in [5.74, 6) is -2.09. The number of ketones is 1. The van der Waals surface area contributed by atoms with Gasteiger partial charge in [0.15, 0.2) is 16.6 Å². The second kappa shape index (κ2) is 9.58. The number of aliphatic hydroxyl groups is 1. The Bertz CT molecular complexity index is 1460. The normalized spacial score (nSPS) is 18.2. The Labute approximate surface area is 215 Å². The molecule has 11 heteroatoms. The second-order valence-corrected chi connectivity index (χ2v) is 9.23. The van der Waals surface area contributed by atoms with Crippen LogP contribution in [0, 0.1) is 6.92 Å². The van der Waals surface area contributed by atoms with E-state index >= 15 is 0 Å². The zero-order valence-electron chi connectivity index (χ0n) is 19.9. The maximum Gasteiger partial charge on any atom is 0.350 e. The Hall–Kier alpha value is -4.38. The molecule has 2 aliphatic heterocycles. The summed E-state index contributed by atoms with van der Waals surface area (Å²) in [5, 5.41) is 21.5. The number of nitrogens with zero attached hydrogens (tertiary/aromatic N) is 2. The molecule has 0 spiro atoms. The molecule has 2 aliphatic rings. The highest BCUT2D eigenvalue weighted by atomic mass is 32.1. The summed E-state index contributed by atoms with van der Waals surface area (Å²) in [7, 11) is 0. The molecule has 1 atom stereocenters. The van der Waals surface area contributed by atoms with Gasteiger partial charge in [-0.05, 0) is 49.7 Å². The number of carbonyl (C=O) groups is 3. The van der Waals surface area contributed by atoms with Crippen molar-refractivity contribution in [1.82, 2.24) is 4.98 Å². The van der Waals surface area contributed by atoms with Gasteiger partial charge in [-0.3, -0.25) is 14.5 Å². The van der Waals surface area contributed by atoms with Crippen molar-refractivity contribution in [3.05, 3.63) is 69.7 Å². The molecule has 37 heavy (non-hydrogen) atoms. The molecule has 190 valence electrons. The predicted molar refractivity (Wildman–Crippen MR) is 133 cm³/mol. The quantitative estimate of drug-likeness (QED) is 0.222. The number of Topliss-reactive ketones (excluding diaryl/α,β-unsaturated/α-hetero) is 1. The van der Waals surface area contributed by atoms with E-state index in [4.69, 9.17) is 14.2 Å². The molecule has 2 N–H and O–H groups in total. The van der Waals surface area contributed by atoms with Gasteiger partial charge in [0.2, 0.25) is 0 Å². The lowest BCUT2D eigenvalue weighted by molar-refractivity contribution is -0.132. The maximum absolute atomic E-state index is 13.3. The number of aliphatic hydroxyl groups excluding tert-OH is 1. The molecule has 10 nitrogen and oxygen atoms in total. The van der Waals surface area contributed by atoms with E-state index in [2.05, 4.69) is 4.98 Å². The minimum absolute atomic E-state index is 0.0808. The molecular formula is C26H22N2O8S. The lowest BCUT2D eigenvalue weighted by atomic mass is 9.95. The SMILES string of the molecule is CCOC(=O)c1sc(N2C(=O)C(=O)C(=C(O)c3ccc4c(c3)OCCO4)C2c2cccc(O)c2)nc1C. The number of ether oxygens (including phenoxy) is 3.